The fourth-order valence-corrected chi connectivity index (χ4v) is 1.91. The number of nitrogens with zero attached hydrogens (tertiary/aromatic N) is 2. The molecule has 0 bridgehead atoms. The van der Waals surface area contributed by atoms with Gasteiger partial charge in [0.2, 0.25) is 5.95 Å². The zero-order chi connectivity index (χ0) is 12.3. The number of nitrogens with one attached hydrogen (secondary N) is 1. The SMILES string of the molecule is Cc1nc(N)nc(NCc2ccccc2)c1I. The summed E-state index contributed by atoms with van der Waals surface area (Å²) < 4.78 is 1.01. The number of nitrogens with two attached hydrogens (primary N) is 1. The summed E-state index contributed by atoms with van der Waals surface area (Å²) in [5.41, 5.74) is 7.74. The number of hydrogen-bond donors (Lipinski definition) is 2. The van der Waals surface area contributed by atoms with E-state index in [1.165, 1.54) is 5.56 Å². The quantitative estimate of drug-likeness (QED) is 0.843. The molecule has 1 heterocycles. The Bertz CT molecular complexity index is 513. The molecule has 0 fully saturated rings. The molecule has 0 atom stereocenters. The number of benzene rings is 1. The zero-order valence-corrected chi connectivity index (χ0v) is 11.6. The van der Waals surface area contributed by atoms with Gasteiger partial charge in [-0.25, -0.2) is 4.98 Å². The van der Waals surface area contributed by atoms with Gasteiger partial charge in [-0.2, -0.15) is 4.98 Å². The number of hydrogen-bond acceptors (Lipinski definition) is 4. The smallest absolute Gasteiger partial charge is 0.222 e. The molecule has 0 spiro atoms. The van der Waals surface area contributed by atoms with Crippen molar-refractivity contribution in [1.29, 1.82) is 0 Å². The molecule has 5 heteroatoms. The molecule has 0 unspecified atom stereocenters. The minimum Gasteiger partial charge on any atom is -0.368 e. The number of aromatic nitrogens is 2. The lowest BCUT2D eigenvalue weighted by Gasteiger charge is -2.09. The summed E-state index contributed by atoms with van der Waals surface area (Å²) >= 11 is 2.22. The highest BCUT2D eigenvalue weighted by Gasteiger charge is 2.07. The van der Waals surface area contributed by atoms with Crippen molar-refractivity contribution in [2.45, 2.75) is 13.5 Å². The lowest BCUT2D eigenvalue weighted by atomic mass is 10.2. The van der Waals surface area contributed by atoms with Gasteiger partial charge in [-0.15, -0.1) is 0 Å². The van der Waals surface area contributed by atoms with Crippen LogP contribution in [0.25, 0.3) is 0 Å². The molecule has 0 amide bonds. The molecule has 17 heavy (non-hydrogen) atoms. The van der Waals surface area contributed by atoms with E-state index in [0.717, 1.165) is 21.6 Å². The summed E-state index contributed by atoms with van der Waals surface area (Å²) in [6.45, 7) is 2.65. The van der Waals surface area contributed by atoms with Gasteiger partial charge in [0.25, 0.3) is 0 Å². The largest absolute Gasteiger partial charge is 0.368 e. The van der Waals surface area contributed by atoms with Crippen LogP contribution >= 0.6 is 22.6 Å². The molecular formula is C12H13IN4. The van der Waals surface area contributed by atoms with Crippen LogP contribution in [-0.2, 0) is 6.54 Å². The van der Waals surface area contributed by atoms with Crippen molar-refractivity contribution in [2.75, 3.05) is 11.1 Å². The van der Waals surface area contributed by atoms with E-state index in [2.05, 4.69) is 50.0 Å². The third kappa shape index (κ3) is 3.06. The average molecular weight is 340 g/mol. The summed E-state index contributed by atoms with van der Waals surface area (Å²) in [5, 5.41) is 3.27. The molecule has 0 saturated carbocycles. The Morgan fingerprint density at radius 2 is 1.94 bits per heavy atom. The highest BCUT2D eigenvalue weighted by molar-refractivity contribution is 14.1. The van der Waals surface area contributed by atoms with Gasteiger partial charge in [-0.05, 0) is 35.1 Å². The van der Waals surface area contributed by atoms with E-state index in [-0.39, 0.29) is 0 Å². The van der Waals surface area contributed by atoms with Crippen LogP contribution in [0.5, 0.6) is 0 Å². The van der Waals surface area contributed by atoms with Crippen molar-refractivity contribution < 1.29 is 0 Å². The summed E-state index contributed by atoms with van der Waals surface area (Å²) in [5.74, 6) is 1.10. The van der Waals surface area contributed by atoms with Crippen molar-refractivity contribution in [2.24, 2.45) is 0 Å². The predicted octanol–water partition coefficient (Wildman–Crippen LogP) is 2.58. The Kier molecular flexibility index (Phi) is 3.78. The fourth-order valence-electron chi connectivity index (χ4n) is 1.48. The van der Waals surface area contributed by atoms with Crippen LogP contribution in [0.3, 0.4) is 0 Å². The maximum absolute atomic E-state index is 5.63. The van der Waals surface area contributed by atoms with Crippen molar-refractivity contribution in [3.05, 3.63) is 45.2 Å². The second kappa shape index (κ2) is 5.31. The molecule has 2 aromatic rings. The molecule has 2 rings (SSSR count). The summed E-state index contributed by atoms with van der Waals surface area (Å²) in [7, 11) is 0. The lowest BCUT2D eigenvalue weighted by Crippen LogP contribution is -2.08. The van der Waals surface area contributed by atoms with Crippen molar-refractivity contribution >= 4 is 34.4 Å². The minimum absolute atomic E-state index is 0.304. The van der Waals surface area contributed by atoms with E-state index < -0.39 is 0 Å². The first kappa shape index (κ1) is 12.1. The molecule has 88 valence electrons. The minimum atomic E-state index is 0.304. The first-order valence-electron chi connectivity index (χ1n) is 5.24. The van der Waals surface area contributed by atoms with Crippen molar-refractivity contribution in [3.8, 4) is 0 Å². The third-order valence-electron chi connectivity index (χ3n) is 2.34. The predicted molar refractivity (Wildman–Crippen MR) is 77.7 cm³/mol. The van der Waals surface area contributed by atoms with Gasteiger partial charge in [0.1, 0.15) is 5.82 Å². The van der Waals surface area contributed by atoms with Crippen molar-refractivity contribution in [1.82, 2.24) is 9.97 Å². The van der Waals surface area contributed by atoms with Gasteiger partial charge < -0.3 is 11.1 Å². The van der Waals surface area contributed by atoms with Crippen molar-refractivity contribution in [3.63, 3.8) is 0 Å². The number of rotatable bonds is 3. The Balaban J connectivity index is 2.14. The third-order valence-corrected chi connectivity index (χ3v) is 3.63. The normalized spacial score (nSPS) is 10.2. The standard InChI is InChI=1S/C12H13IN4/c1-8-10(13)11(17-12(14)16-8)15-7-9-5-3-2-4-6-9/h2-6H,7H2,1H3,(H3,14,15,16,17). The van der Waals surface area contributed by atoms with Gasteiger partial charge in [-0.3, -0.25) is 0 Å². The second-order valence-corrected chi connectivity index (χ2v) is 4.75. The van der Waals surface area contributed by atoms with Crippen LogP contribution in [0.4, 0.5) is 11.8 Å². The second-order valence-electron chi connectivity index (χ2n) is 3.67. The number of anilines is 2. The molecule has 1 aromatic carbocycles. The first-order valence-corrected chi connectivity index (χ1v) is 6.32. The summed E-state index contributed by atoms with van der Waals surface area (Å²) in [6.07, 6.45) is 0. The summed E-state index contributed by atoms with van der Waals surface area (Å²) in [4.78, 5) is 8.30. The molecule has 0 aliphatic rings. The highest BCUT2D eigenvalue weighted by atomic mass is 127. The van der Waals surface area contributed by atoms with Gasteiger partial charge in [0, 0.05) is 6.54 Å². The van der Waals surface area contributed by atoms with E-state index in [0.29, 0.717) is 5.95 Å². The van der Waals surface area contributed by atoms with Crippen LogP contribution < -0.4 is 11.1 Å². The first-order chi connectivity index (χ1) is 8.16. The maximum atomic E-state index is 5.63. The van der Waals surface area contributed by atoms with Gasteiger partial charge in [0.05, 0.1) is 9.26 Å². The van der Waals surface area contributed by atoms with E-state index >= 15 is 0 Å². The van der Waals surface area contributed by atoms with Crippen LogP contribution in [0, 0.1) is 10.5 Å². The lowest BCUT2D eigenvalue weighted by molar-refractivity contribution is 1.05. The molecule has 0 saturated heterocycles. The molecule has 4 nitrogen and oxygen atoms in total. The van der Waals surface area contributed by atoms with E-state index in [1.807, 2.05) is 25.1 Å². The van der Waals surface area contributed by atoms with Gasteiger partial charge in [-0.1, -0.05) is 30.3 Å². The van der Waals surface area contributed by atoms with Crippen LogP contribution in [0.15, 0.2) is 30.3 Å². The molecule has 1 aromatic heterocycles. The Labute approximate surface area is 114 Å². The molecule has 0 radical (unpaired) electrons. The van der Waals surface area contributed by atoms with Gasteiger partial charge >= 0.3 is 0 Å². The summed E-state index contributed by atoms with van der Waals surface area (Å²) in [6, 6.07) is 10.2. The Morgan fingerprint density at radius 1 is 1.24 bits per heavy atom. The molecule has 0 aliphatic heterocycles. The molecular weight excluding hydrogens is 327 g/mol. The van der Waals surface area contributed by atoms with E-state index in [9.17, 15) is 0 Å². The number of aryl methyl sites for hydroxylation is 1. The van der Waals surface area contributed by atoms with Crippen LogP contribution in [0.2, 0.25) is 0 Å². The Hall–Kier alpha value is -1.37. The maximum Gasteiger partial charge on any atom is 0.222 e. The van der Waals surface area contributed by atoms with Gasteiger partial charge in [0.15, 0.2) is 0 Å². The van der Waals surface area contributed by atoms with Crippen LogP contribution in [0.1, 0.15) is 11.3 Å². The number of halogens is 1. The van der Waals surface area contributed by atoms with E-state index in [1.54, 1.807) is 0 Å². The molecule has 3 N–H and O–H groups in total. The zero-order valence-electron chi connectivity index (χ0n) is 9.44. The highest BCUT2D eigenvalue weighted by Crippen LogP contribution is 2.19. The number of nitrogen functional groups attached to an aromatic ring is 1. The van der Waals surface area contributed by atoms with E-state index in [4.69, 9.17) is 5.73 Å². The topological polar surface area (TPSA) is 63.8 Å². The Morgan fingerprint density at radius 3 is 2.65 bits per heavy atom. The molecule has 0 aliphatic carbocycles. The average Bonchev–Trinajstić information content (AvgIpc) is 2.33. The van der Waals surface area contributed by atoms with Crippen LogP contribution in [-0.4, -0.2) is 9.97 Å². The fraction of sp³-hybridized carbons (Fsp3) is 0.167. The monoisotopic (exact) mass is 340 g/mol.